The molecule has 0 spiro atoms. The highest BCUT2D eigenvalue weighted by molar-refractivity contribution is 5.91. The van der Waals surface area contributed by atoms with Gasteiger partial charge in [-0.3, -0.25) is 9.69 Å². The number of nitrogens with zero attached hydrogens (tertiary/aromatic N) is 4. The Balaban J connectivity index is 1.27. The number of piperidine rings is 1. The summed E-state index contributed by atoms with van der Waals surface area (Å²) in [5.74, 6) is -0.240. The molecule has 0 saturated carbocycles. The Labute approximate surface area is 182 Å². The van der Waals surface area contributed by atoms with E-state index >= 15 is 0 Å². The molecule has 1 amide bonds. The van der Waals surface area contributed by atoms with E-state index in [1.54, 1.807) is 6.20 Å². The van der Waals surface area contributed by atoms with Gasteiger partial charge in [0.05, 0.1) is 12.2 Å². The van der Waals surface area contributed by atoms with Crippen LogP contribution in [0.3, 0.4) is 0 Å². The summed E-state index contributed by atoms with van der Waals surface area (Å²) in [6, 6.07) is 19.5. The monoisotopic (exact) mass is 419 g/mol. The van der Waals surface area contributed by atoms with Gasteiger partial charge in [0.25, 0.3) is 5.91 Å². The molecule has 7 nitrogen and oxygen atoms in total. The van der Waals surface area contributed by atoms with Crippen molar-refractivity contribution in [2.75, 3.05) is 26.2 Å². The fourth-order valence-electron chi connectivity index (χ4n) is 3.96. The Hall–Kier alpha value is -3.03. The maximum absolute atomic E-state index is 12.1. The van der Waals surface area contributed by atoms with Crippen molar-refractivity contribution in [3.63, 3.8) is 0 Å². The number of aromatic nitrogens is 3. The van der Waals surface area contributed by atoms with Gasteiger partial charge in [0.15, 0.2) is 5.69 Å². The van der Waals surface area contributed by atoms with Gasteiger partial charge in [-0.25, -0.2) is 4.68 Å². The first-order valence-electron chi connectivity index (χ1n) is 10.9. The summed E-state index contributed by atoms with van der Waals surface area (Å²) >= 11 is 0. The molecule has 0 unspecified atom stereocenters. The molecule has 1 aliphatic heterocycles. The molecule has 0 bridgehead atoms. The molecule has 162 valence electrons. The first-order chi connectivity index (χ1) is 15.2. The molecule has 1 saturated heterocycles. The van der Waals surface area contributed by atoms with Crippen molar-refractivity contribution in [2.24, 2.45) is 0 Å². The Morgan fingerprint density at radius 1 is 1.03 bits per heavy atom. The van der Waals surface area contributed by atoms with Gasteiger partial charge >= 0.3 is 0 Å². The number of hydrogen-bond donors (Lipinski definition) is 2. The van der Waals surface area contributed by atoms with Crippen molar-refractivity contribution in [3.05, 3.63) is 72.1 Å². The average Bonchev–Trinajstić information content (AvgIpc) is 3.31. The lowest BCUT2D eigenvalue weighted by Gasteiger charge is -2.31. The Bertz CT molecular complexity index is 963. The Kier molecular flexibility index (Phi) is 7.07. The number of likely N-dealkylation sites (tertiary alicyclic amines) is 1. The number of rotatable bonds is 8. The minimum Gasteiger partial charge on any atom is -0.396 e. The molecule has 0 aliphatic carbocycles. The van der Waals surface area contributed by atoms with Gasteiger partial charge in [-0.1, -0.05) is 59.8 Å². The van der Waals surface area contributed by atoms with Crippen LogP contribution in [0.15, 0.2) is 60.8 Å². The van der Waals surface area contributed by atoms with E-state index in [4.69, 9.17) is 5.11 Å². The zero-order chi connectivity index (χ0) is 21.5. The predicted molar refractivity (Wildman–Crippen MR) is 119 cm³/mol. The molecule has 1 aromatic heterocycles. The maximum Gasteiger partial charge on any atom is 0.273 e. The SMILES string of the molecule is O=C(NCCCO)c1cn(C2CCN(Cc3ccc(-c4ccccc4)cc3)CC2)nn1. The second-order valence-corrected chi connectivity index (χ2v) is 7.99. The molecular formula is C24H29N5O2. The number of amides is 1. The van der Waals surface area contributed by atoms with Crippen LogP contribution in [-0.4, -0.2) is 57.1 Å². The number of nitrogens with one attached hydrogen (secondary N) is 1. The van der Waals surface area contributed by atoms with Gasteiger partial charge in [0, 0.05) is 32.8 Å². The summed E-state index contributed by atoms with van der Waals surface area (Å²) in [5, 5.41) is 19.7. The number of aliphatic hydroxyl groups excluding tert-OH is 1. The fourth-order valence-corrected chi connectivity index (χ4v) is 3.96. The quantitative estimate of drug-likeness (QED) is 0.549. The van der Waals surface area contributed by atoms with Crippen LogP contribution < -0.4 is 5.32 Å². The summed E-state index contributed by atoms with van der Waals surface area (Å²) < 4.78 is 1.83. The van der Waals surface area contributed by atoms with Crippen molar-refractivity contribution in [1.29, 1.82) is 0 Å². The van der Waals surface area contributed by atoms with E-state index in [1.165, 1.54) is 16.7 Å². The van der Waals surface area contributed by atoms with Gasteiger partial charge < -0.3 is 10.4 Å². The van der Waals surface area contributed by atoms with Crippen molar-refractivity contribution in [1.82, 2.24) is 25.2 Å². The fraction of sp³-hybridized carbons (Fsp3) is 0.375. The van der Waals surface area contributed by atoms with Gasteiger partial charge in [-0.2, -0.15) is 0 Å². The summed E-state index contributed by atoms with van der Waals surface area (Å²) in [6.45, 7) is 3.42. The third kappa shape index (κ3) is 5.57. The van der Waals surface area contributed by atoms with Crippen LogP contribution in [0.4, 0.5) is 0 Å². The molecule has 31 heavy (non-hydrogen) atoms. The van der Waals surface area contributed by atoms with Crippen LogP contribution >= 0.6 is 0 Å². The first-order valence-corrected chi connectivity index (χ1v) is 10.9. The standard InChI is InChI=1S/C24H29N5O2/c30-16-4-13-25-24(31)23-18-29(27-26-23)22-11-14-28(15-12-22)17-19-7-9-21(10-8-19)20-5-2-1-3-6-20/h1-3,5-10,18,22,30H,4,11-17H2,(H,25,31). The summed E-state index contributed by atoms with van der Waals surface area (Å²) in [5.41, 5.74) is 4.13. The topological polar surface area (TPSA) is 83.3 Å². The van der Waals surface area contributed by atoms with E-state index in [0.717, 1.165) is 32.5 Å². The third-order valence-electron chi connectivity index (χ3n) is 5.76. The first kappa shape index (κ1) is 21.2. The molecule has 2 heterocycles. The van der Waals surface area contributed by atoms with Crippen LogP contribution in [0, 0.1) is 0 Å². The molecular weight excluding hydrogens is 390 g/mol. The number of hydrogen-bond acceptors (Lipinski definition) is 5. The molecule has 7 heteroatoms. The minimum atomic E-state index is -0.240. The van der Waals surface area contributed by atoms with Gasteiger partial charge in [-0.05, 0) is 36.0 Å². The summed E-state index contributed by atoms with van der Waals surface area (Å²) in [6.07, 6.45) is 4.23. The number of aliphatic hydroxyl groups is 1. The van der Waals surface area contributed by atoms with Crippen molar-refractivity contribution in [3.8, 4) is 11.1 Å². The predicted octanol–water partition coefficient (Wildman–Crippen LogP) is 2.89. The van der Waals surface area contributed by atoms with Crippen LogP contribution in [0.25, 0.3) is 11.1 Å². The van der Waals surface area contributed by atoms with Gasteiger partial charge in [0.2, 0.25) is 0 Å². The second kappa shape index (κ2) is 10.3. The molecule has 2 aromatic carbocycles. The molecule has 1 fully saturated rings. The Morgan fingerprint density at radius 2 is 1.74 bits per heavy atom. The third-order valence-corrected chi connectivity index (χ3v) is 5.76. The molecule has 0 radical (unpaired) electrons. The highest BCUT2D eigenvalue weighted by Crippen LogP contribution is 2.24. The smallest absolute Gasteiger partial charge is 0.273 e. The van der Waals surface area contributed by atoms with Crippen LogP contribution in [0.2, 0.25) is 0 Å². The van der Waals surface area contributed by atoms with E-state index in [2.05, 4.69) is 69.1 Å². The Morgan fingerprint density at radius 3 is 2.45 bits per heavy atom. The van der Waals surface area contributed by atoms with E-state index in [9.17, 15) is 4.79 Å². The van der Waals surface area contributed by atoms with E-state index < -0.39 is 0 Å². The van der Waals surface area contributed by atoms with Crippen molar-refractivity contribution >= 4 is 5.91 Å². The van der Waals surface area contributed by atoms with E-state index in [-0.39, 0.29) is 18.6 Å². The van der Waals surface area contributed by atoms with Crippen LogP contribution in [0.1, 0.15) is 41.4 Å². The van der Waals surface area contributed by atoms with Gasteiger partial charge in [-0.15, -0.1) is 5.10 Å². The maximum atomic E-state index is 12.1. The molecule has 3 aromatic rings. The zero-order valence-corrected chi connectivity index (χ0v) is 17.7. The summed E-state index contributed by atoms with van der Waals surface area (Å²) in [4.78, 5) is 14.5. The largest absolute Gasteiger partial charge is 0.396 e. The normalized spacial score (nSPS) is 15.1. The number of carbonyl (C=O) groups is 1. The molecule has 1 aliphatic rings. The zero-order valence-electron chi connectivity index (χ0n) is 17.7. The van der Waals surface area contributed by atoms with E-state index in [1.807, 2.05) is 10.7 Å². The average molecular weight is 420 g/mol. The molecule has 4 rings (SSSR count). The van der Waals surface area contributed by atoms with Crippen molar-refractivity contribution in [2.45, 2.75) is 31.8 Å². The van der Waals surface area contributed by atoms with Crippen LogP contribution in [-0.2, 0) is 6.54 Å². The molecule has 0 atom stereocenters. The lowest BCUT2D eigenvalue weighted by molar-refractivity contribution is 0.0946. The van der Waals surface area contributed by atoms with E-state index in [0.29, 0.717) is 18.7 Å². The number of benzene rings is 2. The lowest BCUT2D eigenvalue weighted by Crippen LogP contribution is -2.34. The minimum absolute atomic E-state index is 0.0582. The highest BCUT2D eigenvalue weighted by Gasteiger charge is 2.22. The van der Waals surface area contributed by atoms with Gasteiger partial charge in [0.1, 0.15) is 0 Å². The van der Waals surface area contributed by atoms with Crippen LogP contribution in [0.5, 0.6) is 0 Å². The second-order valence-electron chi connectivity index (χ2n) is 7.99. The summed E-state index contributed by atoms with van der Waals surface area (Å²) in [7, 11) is 0. The number of carbonyl (C=O) groups excluding carboxylic acids is 1. The highest BCUT2D eigenvalue weighted by atomic mass is 16.3. The molecule has 2 N–H and O–H groups in total. The lowest BCUT2D eigenvalue weighted by atomic mass is 10.0. The van der Waals surface area contributed by atoms with Crippen molar-refractivity contribution < 1.29 is 9.90 Å².